The van der Waals surface area contributed by atoms with Crippen LogP contribution >= 0.6 is 0 Å². The molecule has 0 aliphatic heterocycles. The van der Waals surface area contributed by atoms with Crippen LogP contribution in [0.25, 0.3) is 0 Å². The third-order valence-electron chi connectivity index (χ3n) is 2.38. The van der Waals surface area contributed by atoms with E-state index in [1.165, 1.54) is 30.4 Å². The van der Waals surface area contributed by atoms with E-state index in [9.17, 15) is 0 Å². The van der Waals surface area contributed by atoms with E-state index in [1.807, 2.05) is 0 Å². The molecule has 0 saturated carbocycles. The molecule has 0 fully saturated rings. The normalized spacial score (nSPS) is 10.9. The molecule has 0 amide bonds. The molecule has 1 rings (SSSR count). The molecule has 1 radical (unpaired) electrons. The van der Waals surface area contributed by atoms with Crippen LogP contribution in [0.5, 0.6) is 0 Å². The summed E-state index contributed by atoms with van der Waals surface area (Å²) >= 11 is 0. The first-order valence-electron chi connectivity index (χ1n) is 5.59. The second-order valence-corrected chi connectivity index (χ2v) is 4.37. The van der Waals surface area contributed by atoms with Crippen LogP contribution in [-0.4, -0.2) is 0 Å². The van der Waals surface area contributed by atoms with Crippen LogP contribution in [0, 0.1) is 12.8 Å². The zero-order chi connectivity index (χ0) is 10.4. The molecule has 14 heavy (non-hydrogen) atoms. The maximum Gasteiger partial charge on any atom is -0.0256 e. The van der Waals surface area contributed by atoms with Crippen molar-refractivity contribution >= 4 is 0 Å². The lowest BCUT2D eigenvalue weighted by atomic mass is 10.0. The zero-order valence-corrected chi connectivity index (χ0v) is 9.42. The Morgan fingerprint density at radius 2 is 1.64 bits per heavy atom. The Hall–Kier alpha value is -0.780. The van der Waals surface area contributed by atoms with Gasteiger partial charge in [-0.3, -0.25) is 0 Å². The molecule has 1 aromatic rings. The summed E-state index contributed by atoms with van der Waals surface area (Å²) in [5, 5.41) is 0. The molecule has 0 spiro atoms. The lowest BCUT2D eigenvalue weighted by Crippen LogP contribution is -1.94. The monoisotopic (exact) mass is 189 g/mol. The molecule has 0 aromatic heterocycles. The van der Waals surface area contributed by atoms with Crippen molar-refractivity contribution in [3.63, 3.8) is 0 Å². The summed E-state index contributed by atoms with van der Waals surface area (Å²) in [7, 11) is 0. The Balaban J connectivity index is 2.50. The van der Waals surface area contributed by atoms with Gasteiger partial charge in [-0.2, -0.15) is 0 Å². The van der Waals surface area contributed by atoms with E-state index >= 15 is 0 Å². The van der Waals surface area contributed by atoms with Gasteiger partial charge < -0.3 is 0 Å². The minimum absolute atomic E-state index is 0.751. The Bertz CT molecular complexity index is 243. The lowest BCUT2D eigenvalue weighted by Gasteiger charge is -2.06. The highest BCUT2D eigenvalue weighted by molar-refractivity contribution is 5.22. The molecular formula is C14H21. The fraction of sp³-hybridized carbons (Fsp3) is 0.500. The van der Waals surface area contributed by atoms with E-state index in [0.717, 1.165) is 12.3 Å². The van der Waals surface area contributed by atoms with Gasteiger partial charge in [0.15, 0.2) is 0 Å². The van der Waals surface area contributed by atoms with E-state index in [0.29, 0.717) is 0 Å². The van der Waals surface area contributed by atoms with Gasteiger partial charge in [0.05, 0.1) is 0 Å². The summed E-state index contributed by atoms with van der Waals surface area (Å²) in [4.78, 5) is 0. The van der Waals surface area contributed by atoms with Gasteiger partial charge in [0.2, 0.25) is 0 Å². The molecule has 0 aliphatic carbocycles. The predicted molar refractivity (Wildman–Crippen MR) is 63.3 cm³/mol. The van der Waals surface area contributed by atoms with Gasteiger partial charge >= 0.3 is 0 Å². The van der Waals surface area contributed by atoms with E-state index in [4.69, 9.17) is 0 Å². The number of aryl methyl sites for hydroxylation is 1. The van der Waals surface area contributed by atoms with Crippen LogP contribution in [0.1, 0.15) is 37.8 Å². The van der Waals surface area contributed by atoms with Gasteiger partial charge in [-0.25, -0.2) is 0 Å². The van der Waals surface area contributed by atoms with Gasteiger partial charge in [0.25, 0.3) is 0 Å². The summed E-state index contributed by atoms with van der Waals surface area (Å²) in [5.74, 6) is 0.751. The van der Waals surface area contributed by atoms with Crippen LogP contribution in [0.4, 0.5) is 0 Å². The molecule has 0 heterocycles. The Morgan fingerprint density at radius 3 is 2.14 bits per heavy atom. The molecule has 0 heteroatoms. The Morgan fingerprint density at radius 1 is 1.07 bits per heavy atom. The second-order valence-electron chi connectivity index (χ2n) is 4.37. The van der Waals surface area contributed by atoms with Gasteiger partial charge in [-0.1, -0.05) is 51.5 Å². The van der Waals surface area contributed by atoms with Crippen LogP contribution in [0.3, 0.4) is 0 Å². The molecule has 0 saturated heterocycles. The number of rotatable bonds is 5. The first-order chi connectivity index (χ1) is 6.72. The lowest BCUT2D eigenvalue weighted by molar-refractivity contribution is 0.647. The summed E-state index contributed by atoms with van der Waals surface area (Å²) < 4.78 is 0. The quantitative estimate of drug-likeness (QED) is 0.655. The molecule has 77 valence electrons. The van der Waals surface area contributed by atoms with Crippen LogP contribution < -0.4 is 0 Å². The van der Waals surface area contributed by atoms with Gasteiger partial charge in [-0.05, 0) is 36.3 Å². The van der Waals surface area contributed by atoms with Gasteiger partial charge in [-0.15, -0.1) is 0 Å². The van der Waals surface area contributed by atoms with Crippen molar-refractivity contribution in [3.8, 4) is 0 Å². The van der Waals surface area contributed by atoms with E-state index in [1.54, 1.807) is 0 Å². The van der Waals surface area contributed by atoms with Crippen LogP contribution in [-0.2, 0) is 12.8 Å². The maximum absolute atomic E-state index is 3.86. The summed E-state index contributed by atoms with van der Waals surface area (Å²) in [6.07, 6.45) is 4.60. The highest BCUT2D eigenvalue weighted by Crippen LogP contribution is 2.11. The Kier molecular flexibility index (Phi) is 4.72. The second kappa shape index (κ2) is 5.85. The predicted octanol–water partition coefficient (Wildman–Crippen LogP) is 4.04. The average molecular weight is 189 g/mol. The van der Waals surface area contributed by atoms with Crippen molar-refractivity contribution in [2.75, 3.05) is 0 Å². The molecule has 0 unspecified atom stereocenters. The SMILES string of the molecule is [CH2]CCCc1ccc(CC(C)C)cc1. The molecule has 0 nitrogen and oxygen atoms in total. The molecule has 1 aromatic carbocycles. The fourth-order valence-electron chi connectivity index (χ4n) is 1.64. The summed E-state index contributed by atoms with van der Waals surface area (Å²) in [5.41, 5.74) is 2.90. The molecule has 0 aliphatic rings. The topological polar surface area (TPSA) is 0 Å². The fourth-order valence-corrected chi connectivity index (χ4v) is 1.64. The number of hydrogen-bond acceptors (Lipinski definition) is 0. The number of benzene rings is 1. The molecule has 0 N–H and O–H groups in total. The molecule has 0 bridgehead atoms. The Labute approximate surface area is 88.4 Å². The smallest absolute Gasteiger partial charge is 0.0256 e. The highest BCUT2D eigenvalue weighted by atomic mass is 14.0. The van der Waals surface area contributed by atoms with Crippen molar-refractivity contribution in [2.45, 2.75) is 39.5 Å². The standard InChI is InChI=1S/C14H21/c1-4-5-6-13-7-9-14(10-8-13)11-12(2)3/h7-10,12H,1,4-6,11H2,2-3H3. The number of hydrogen-bond donors (Lipinski definition) is 0. The van der Waals surface area contributed by atoms with Crippen molar-refractivity contribution in [3.05, 3.63) is 42.3 Å². The van der Waals surface area contributed by atoms with Crippen LogP contribution in [0.15, 0.2) is 24.3 Å². The van der Waals surface area contributed by atoms with Crippen molar-refractivity contribution in [1.29, 1.82) is 0 Å². The largest absolute Gasteiger partial charge is 0.0625 e. The first-order valence-corrected chi connectivity index (χ1v) is 5.59. The summed E-state index contributed by atoms with van der Waals surface area (Å²) in [6.45, 7) is 8.38. The molecule has 0 atom stereocenters. The minimum Gasteiger partial charge on any atom is -0.0625 e. The van der Waals surface area contributed by atoms with Gasteiger partial charge in [0, 0.05) is 0 Å². The first kappa shape index (κ1) is 11.3. The third kappa shape index (κ3) is 3.95. The minimum atomic E-state index is 0.751. The van der Waals surface area contributed by atoms with E-state index in [2.05, 4.69) is 45.0 Å². The van der Waals surface area contributed by atoms with Crippen molar-refractivity contribution < 1.29 is 0 Å². The van der Waals surface area contributed by atoms with Crippen molar-refractivity contribution in [2.24, 2.45) is 5.92 Å². The van der Waals surface area contributed by atoms with Crippen molar-refractivity contribution in [1.82, 2.24) is 0 Å². The third-order valence-corrected chi connectivity index (χ3v) is 2.38. The van der Waals surface area contributed by atoms with Crippen LogP contribution in [0.2, 0.25) is 0 Å². The molecular weight excluding hydrogens is 168 g/mol. The summed E-state index contributed by atoms with van der Waals surface area (Å²) in [6, 6.07) is 9.04. The number of unbranched alkanes of at least 4 members (excludes halogenated alkanes) is 1. The highest BCUT2D eigenvalue weighted by Gasteiger charge is 1.97. The van der Waals surface area contributed by atoms with E-state index in [-0.39, 0.29) is 0 Å². The van der Waals surface area contributed by atoms with E-state index < -0.39 is 0 Å². The zero-order valence-electron chi connectivity index (χ0n) is 9.42. The average Bonchev–Trinajstić information content (AvgIpc) is 2.16. The maximum atomic E-state index is 3.86. The van der Waals surface area contributed by atoms with Gasteiger partial charge in [0.1, 0.15) is 0 Å².